The van der Waals surface area contributed by atoms with Crippen LogP contribution in [-0.4, -0.2) is 20.7 Å². The average molecular weight is 333 g/mol. The predicted molar refractivity (Wildman–Crippen MR) is 86.6 cm³/mol. The van der Waals surface area contributed by atoms with Gasteiger partial charge >= 0.3 is 5.97 Å². The van der Waals surface area contributed by atoms with E-state index in [0.717, 1.165) is 0 Å². The Morgan fingerprint density at radius 3 is 2.48 bits per heavy atom. The Kier molecular flexibility index (Phi) is 3.82. The molecule has 6 heteroatoms. The van der Waals surface area contributed by atoms with Crippen molar-refractivity contribution in [2.24, 2.45) is 0 Å². The molecule has 0 spiro atoms. The van der Waals surface area contributed by atoms with Gasteiger partial charge in [0.1, 0.15) is 11.5 Å². The third-order valence-electron chi connectivity index (χ3n) is 3.70. The van der Waals surface area contributed by atoms with Crippen molar-refractivity contribution < 1.29 is 14.3 Å². The van der Waals surface area contributed by atoms with Gasteiger partial charge in [-0.3, -0.25) is 0 Å². The van der Waals surface area contributed by atoms with Crippen LogP contribution < -0.4 is 0 Å². The number of fused-ring (bicyclic) bond motifs is 1. The second-order valence-electron chi connectivity index (χ2n) is 5.56. The normalized spacial score (nSPS) is 11.3. The molecule has 0 aliphatic carbocycles. The van der Waals surface area contributed by atoms with Gasteiger partial charge in [-0.1, -0.05) is 25.4 Å². The van der Waals surface area contributed by atoms with E-state index in [9.17, 15) is 14.3 Å². The topological polar surface area (TPSA) is 54.6 Å². The number of aromatic nitrogens is 2. The monoisotopic (exact) mass is 332 g/mol. The van der Waals surface area contributed by atoms with Crippen molar-refractivity contribution in [1.29, 1.82) is 0 Å². The molecule has 23 heavy (non-hydrogen) atoms. The van der Waals surface area contributed by atoms with Crippen LogP contribution in [0.4, 0.5) is 4.39 Å². The highest BCUT2D eigenvalue weighted by atomic mass is 35.5. The van der Waals surface area contributed by atoms with Crippen molar-refractivity contribution in [3.8, 4) is 11.3 Å². The molecule has 0 atom stereocenters. The number of carboxylic acids is 1. The molecule has 3 aromatic rings. The van der Waals surface area contributed by atoms with Crippen LogP contribution in [-0.2, 0) is 0 Å². The average Bonchev–Trinajstić information content (AvgIpc) is 2.87. The summed E-state index contributed by atoms with van der Waals surface area (Å²) in [6.07, 6.45) is 1.68. The van der Waals surface area contributed by atoms with Gasteiger partial charge in [0.15, 0.2) is 0 Å². The SMILES string of the molecule is CC(C)c1c(C(=O)O)c(-c2ccc(F)cc2)nn2ccc(Cl)c12. The van der Waals surface area contributed by atoms with Crippen molar-refractivity contribution in [3.05, 3.63) is 58.5 Å². The fraction of sp³-hybridized carbons (Fsp3) is 0.176. The molecule has 2 heterocycles. The van der Waals surface area contributed by atoms with Gasteiger partial charge in [-0.05, 0) is 41.8 Å². The summed E-state index contributed by atoms with van der Waals surface area (Å²) in [6, 6.07) is 7.28. The van der Waals surface area contributed by atoms with Crippen LogP contribution in [0.5, 0.6) is 0 Å². The predicted octanol–water partition coefficient (Wildman–Crippen LogP) is 4.62. The number of carbonyl (C=O) groups is 1. The Labute approximate surface area is 137 Å². The Balaban J connectivity index is 2.44. The maximum absolute atomic E-state index is 13.2. The number of rotatable bonds is 3. The van der Waals surface area contributed by atoms with E-state index >= 15 is 0 Å². The molecule has 118 valence electrons. The van der Waals surface area contributed by atoms with Gasteiger partial charge in [-0.2, -0.15) is 5.10 Å². The van der Waals surface area contributed by atoms with E-state index in [4.69, 9.17) is 11.6 Å². The fourth-order valence-corrected chi connectivity index (χ4v) is 2.97. The van der Waals surface area contributed by atoms with Crippen LogP contribution in [0.25, 0.3) is 16.8 Å². The molecule has 1 aromatic carbocycles. The van der Waals surface area contributed by atoms with Crippen molar-refractivity contribution in [1.82, 2.24) is 9.61 Å². The molecular weight excluding hydrogens is 319 g/mol. The first-order valence-electron chi connectivity index (χ1n) is 7.10. The molecule has 2 aromatic heterocycles. The second-order valence-corrected chi connectivity index (χ2v) is 5.97. The van der Waals surface area contributed by atoms with E-state index in [-0.39, 0.29) is 17.3 Å². The first-order chi connectivity index (χ1) is 10.9. The van der Waals surface area contributed by atoms with Gasteiger partial charge in [-0.25, -0.2) is 13.7 Å². The highest BCUT2D eigenvalue weighted by molar-refractivity contribution is 6.34. The van der Waals surface area contributed by atoms with Crippen LogP contribution in [0.2, 0.25) is 5.02 Å². The summed E-state index contributed by atoms with van der Waals surface area (Å²) in [4.78, 5) is 11.9. The van der Waals surface area contributed by atoms with Crippen LogP contribution >= 0.6 is 11.6 Å². The van der Waals surface area contributed by atoms with Crippen molar-refractivity contribution in [2.45, 2.75) is 19.8 Å². The number of aromatic carboxylic acids is 1. The lowest BCUT2D eigenvalue weighted by molar-refractivity contribution is 0.0695. The minimum Gasteiger partial charge on any atom is -0.478 e. The first-order valence-corrected chi connectivity index (χ1v) is 7.48. The molecule has 0 aliphatic rings. The number of nitrogens with zero attached hydrogens (tertiary/aromatic N) is 2. The third kappa shape index (κ3) is 2.57. The molecule has 0 unspecified atom stereocenters. The highest BCUT2D eigenvalue weighted by Crippen LogP contribution is 2.35. The maximum atomic E-state index is 13.2. The zero-order chi connectivity index (χ0) is 16.7. The Morgan fingerprint density at radius 1 is 1.26 bits per heavy atom. The summed E-state index contributed by atoms with van der Waals surface area (Å²) in [5.41, 5.74) is 2.13. The number of halogens is 2. The van der Waals surface area contributed by atoms with Crippen LogP contribution in [0.1, 0.15) is 35.7 Å². The second kappa shape index (κ2) is 5.66. The number of benzene rings is 1. The van der Waals surface area contributed by atoms with Crippen LogP contribution in [0.3, 0.4) is 0 Å². The van der Waals surface area contributed by atoms with Gasteiger partial charge in [0.2, 0.25) is 0 Å². The lowest BCUT2D eigenvalue weighted by atomic mass is 9.93. The minimum atomic E-state index is -1.08. The largest absolute Gasteiger partial charge is 0.478 e. The maximum Gasteiger partial charge on any atom is 0.338 e. The summed E-state index contributed by atoms with van der Waals surface area (Å²) in [5.74, 6) is -1.54. The van der Waals surface area contributed by atoms with Gasteiger partial charge in [-0.15, -0.1) is 0 Å². The lowest BCUT2D eigenvalue weighted by Crippen LogP contribution is -2.12. The van der Waals surface area contributed by atoms with Gasteiger partial charge in [0, 0.05) is 11.8 Å². The van der Waals surface area contributed by atoms with Gasteiger partial charge in [0.25, 0.3) is 0 Å². The van der Waals surface area contributed by atoms with E-state index < -0.39 is 5.97 Å². The lowest BCUT2D eigenvalue weighted by Gasteiger charge is -2.16. The van der Waals surface area contributed by atoms with Crippen molar-refractivity contribution in [3.63, 3.8) is 0 Å². The van der Waals surface area contributed by atoms with Gasteiger partial charge in [0.05, 0.1) is 16.1 Å². The zero-order valence-electron chi connectivity index (χ0n) is 12.5. The Hall–Kier alpha value is -2.40. The van der Waals surface area contributed by atoms with E-state index in [1.165, 1.54) is 24.3 Å². The molecular formula is C17H14ClFN2O2. The van der Waals surface area contributed by atoms with E-state index in [1.54, 1.807) is 16.8 Å². The number of hydrogen-bond acceptors (Lipinski definition) is 2. The van der Waals surface area contributed by atoms with E-state index in [2.05, 4.69) is 5.10 Å². The van der Waals surface area contributed by atoms with E-state index in [0.29, 0.717) is 27.4 Å². The Morgan fingerprint density at radius 2 is 1.91 bits per heavy atom. The quantitative estimate of drug-likeness (QED) is 0.761. The Bertz CT molecular complexity index is 901. The molecule has 0 fully saturated rings. The summed E-state index contributed by atoms with van der Waals surface area (Å²) in [6.45, 7) is 3.80. The summed E-state index contributed by atoms with van der Waals surface area (Å²) in [5, 5.41) is 14.6. The van der Waals surface area contributed by atoms with Gasteiger partial charge < -0.3 is 5.11 Å². The molecule has 0 radical (unpaired) electrons. The van der Waals surface area contributed by atoms with Crippen LogP contribution in [0.15, 0.2) is 36.5 Å². The molecule has 0 bridgehead atoms. The van der Waals surface area contributed by atoms with Crippen LogP contribution in [0, 0.1) is 5.82 Å². The number of carboxylic acid groups (broad SMARTS) is 1. The summed E-state index contributed by atoms with van der Waals surface area (Å²) >= 11 is 6.21. The minimum absolute atomic E-state index is 0.0711. The molecule has 4 nitrogen and oxygen atoms in total. The molecule has 0 aliphatic heterocycles. The molecule has 1 N–H and O–H groups in total. The third-order valence-corrected chi connectivity index (χ3v) is 4.00. The van der Waals surface area contributed by atoms with Crippen molar-refractivity contribution >= 4 is 23.1 Å². The zero-order valence-corrected chi connectivity index (χ0v) is 13.3. The first kappa shape index (κ1) is 15.5. The smallest absolute Gasteiger partial charge is 0.338 e. The molecule has 0 saturated carbocycles. The highest BCUT2D eigenvalue weighted by Gasteiger charge is 2.25. The van der Waals surface area contributed by atoms with Crippen molar-refractivity contribution in [2.75, 3.05) is 0 Å². The molecule has 3 rings (SSSR count). The number of hydrogen-bond donors (Lipinski definition) is 1. The van der Waals surface area contributed by atoms with E-state index in [1.807, 2.05) is 13.8 Å². The standard InChI is InChI=1S/C17H14ClFN2O2/c1-9(2)13-14(17(22)23)15(10-3-5-11(19)6-4-10)20-21-8-7-12(18)16(13)21/h3-9H,1-2H3,(H,22,23). The fourth-order valence-electron chi connectivity index (χ4n) is 2.73. The summed E-state index contributed by atoms with van der Waals surface area (Å²) in [7, 11) is 0. The summed E-state index contributed by atoms with van der Waals surface area (Å²) < 4.78 is 14.7. The molecule has 0 amide bonds. The molecule has 0 saturated heterocycles.